The lowest BCUT2D eigenvalue weighted by molar-refractivity contribution is -0.137. The molecular weight excluding hydrogens is 387 g/mol. The molecule has 2 heterocycles. The van der Waals surface area contributed by atoms with Gasteiger partial charge in [0.05, 0.1) is 16.8 Å². The molecule has 1 aliphatic heterocycles. The molecule has 0 atom stereocenters. The van der Waals surface area contributed by atoms with E-state index in [9.17, 15) is 13.2 Å². The number of hydrogen-bond donors (Lipinski definition) is 1. The average molecular weight is 413 g/mol. The first-order valence-corrected chi connectivity index (χ1v) is 10.5. The molecule has 4 rings (SSSR count). The smallest absolute Gasteiger partial charge is 0.384 e. The van der Waals surface area contributed by atoms with Gasteiger partial charge in [0, 0.05) is 23.2 Å². The fraction of sp³-hybridized carbons (Fsp3) is 0.375. The van der Waals surface area contributed by atoms with E-state index in [1.54, 1.807) is 12.1 Å². The minimum atomic E-state index is -4.42. The zero-order chi connectivity index (χ0) is 21.0. The molecule has 1 N–H and O–H groups in total. The standard InChI is InChI=1S/C24H26F3N3/c25-24(26,27)20-11-4-2-9-18(20)23-17-22(19-10-3-5-12-21(19)29-23)28-13-8-16-30-14-6-1-7-15-30/h2-5,9-12,17H,1,6-8,13-16H2,(H,28,29). The van der Waals surface area contributed by atoms with Crippen molar-refractivity contribution in [2.24, 2.45) is 0 Å². The van der Waals surface area contributed by atoms with E-state index in [0.717, 1.165) is 49.7 Å². The third kappa shape index (κ3) is 4.75. The number of para-hydroxylation sites is 1. The van der Waals surface area contributed by atoms with Crippen LogP contribution in [0.25, 0.3) is 22.2 Å². The van der Waals surface area contributed by atoms with E-state index in [0.29, 0.717) is 11.2 Å². The normalized spacial score (nSPS) is 15.4. The summed E-state index contributed by atoms with van der Waals surface area (Å²) in [5, 5.41) is 4.37. The summed E-state index contributed by atoms with van der Waals surface area (Å²) in [5.41, 5.74) is 1.29. The van der Waals surface area contributed by atoms with Gasteiger partial charge in [0.15, 0.2) is 0 Å². The highest BCUT2D eigenvalue weighted by Gasteiger charge is 2.33. The van der Waals surface area contributed by atoms with Gasteiger partial charge in [0.25, 0.3) is 0 Å². The molecule has 1 aliphatic rings. The van der Waals surface area contributed by atoms with E-state index >= 15 is 0 Å². The first kappa shape index (κ1) is 20.7. The van der Waals surface area contributed by atoms with Crippen molar-refractivity contribution in [3.8, 4) is 11.3 Å². The van der Waals surface area contributed by atoms with Crippen LogP contribution in [0.15, 0.2) is 54.6 Å². The Bertz CT molecular complexity index is 994. The van der Waals surface area contributed by atoms with Gasteiger partial charge in [-0.3, -0.25) is 0 Å². The van der Waals surface area contributed by atoms with Crippen molar-refractivity contribution in [1.82, 2.24) is 9.88 Å². The maximum Gasteiger partial charge on any atom is 0.417 e. The molecule has 0 unspecified atom stereocenters. The van der Waals surface area contributed by atoms with E-state index in [1.807, 2.05) is 24.3 Å². The summed E-state index contributed by atoms with van der Waals surface area (Å²) in [6, 6.07) is 14.9. The molecule has 3 aromatic rings. The predicted octanol–water partition coefficient (Wildman–Crippen LogP) is 6.21. The number of pyridine rings is 1. The van der Waals surface area contributed by atoms with Crippen molar-refractivity contribution >= 4 is 16.6 Å². The van der Waals surface area contributed by atoms with Crippen molar-refractivity contribution in [2.45, 2.75) is 31.9 Å². The van der Waals surface area contributed by atoms with Gasteiger partial charge in [-0.15, -0.1) is 0 Å². The van der Waals surface area contributed by atoms with E-state index in [-0.39, 0.29) is 5.56 Å². The van der Waals surface area contributed by atoms with E-state index in [2.05, 4.69) is 15.2 Å². The minimum absolute atomic E-state index is 0.104. The highest BCUT2D eigenvalue weighted by atomic mass is 19.4. The van der Waals surface area contributed by atoms with Crippen molar-refractivity contribution in [2.75, 3.05) is 31.5 Å². The Morgan fingerprint density at radius 1 is 0.933 bits per heavy atom. The second-order valence-corrected chi connectivity index (χ2v) is 7.80. The second-order valence-electron chi connectivity index (χ2n) is 7.80. The minimum Gasteiger partial charge on any atom is -0.384 e. The topological polar surface area (TPSA) is 28.2 Å². The molecule has 0 amide bonds. The Labute approximate surface area is 174 Å². The molecule has 2 aromatic carbocycles. The quantitative estimate of drug-likeness (QED) is 0.487. The molecule has 1 saturated heterocycles. The van der Waals surface area contributed by atoms with Crippen molar-refractivity contribution in [3.05, 3.63) is 60.2 Å². The van der Waals surface area contributed by atoms with Crippen molar-refractivity contribution in [3.63, 3.8) is 0 Å². The van der Waals surface area contributed by atoms with E-state index in [1.165, 1.54) is 31.4 Å². The summed E-state index contributed by atoms with van der Waals surface area (Å²) >= 11 is 0. The Morgan fingerprint density at radius 2 is 1.67 bits per heavy atom. The molecule has 0 spiro atoms. The largest absolute Gasteiger partial charge is 0.417 e. The first-order chi connectivity index (χ1) is 14.5. The number of nitrogens with zero attached hydrogens (tertiary/aromatic N) is 2. The number of alkyl halides is 3. The number of rotatable bonds is 6. The number of piperidine rings is 1. The summed E-state index contributed by atoms with van der Waals surface area (Å²) in [5.74, 6) is 0. The molecule has 0 radical (unpaired) electrons. The Hall–Kier alpha value is -2.60. The molecule has 6 heteroatoms. The van der Waals surface area contributed by atoms with Crippen LogP contribution < -0.4 is 5.32 Å². The van der Waals surface area contributed by atoms with Crippen LogP contribution in [0.2, 0.25) is 0 Å². The van der Waals surface area contributed by atoms with E-state index in [4.69, 9.17) is 0 Å². The monoisotopic (exact) mass is 413 g/mol. The number of likely N-dealkylation sites (tertiary alicyclic amines) is 1. The number of halogens is 3. The Balaban J connectivity index is 1.59. The van der Waals surface area contributed by atoms with Gasteiger partial charge in [0.1, 0.15) is 0 Å². The number of nitrogens with one attached hydrogen (secondary N) is 1. The molecular formula is C24H26F3N3. The molecule has 3 nitrogen and oxygen atoms in total. The number of aromatic nitrogens is 1. The Morgan fingerprint density at radius 3 is 2.47 bits per heavy atom. The molecule has 0 saturated carbocycles. The van der Waals surface area contributed by atoms with Gasteiger partial charge < -0.3 is 10.2 Å². The highest BCUT2D eigenvalue weighted by molar-refractivity contribution is 5.94. The fourth-order valence-corrected chi connectivity index (χ4v) is 4.12. The summed E-state index contributed by atoms with van der Waals surface area (Å²) in [4.78, 5) is 7.02. The van der Waals surface area contributed by atoms with Crippen LogP contribution in [0.1, 0.15) is 31.2 Å². The fourth-order valence-electron chi connectivity index (χ4n) is 4.12. The predicted molar refractivity (Wildman–Crippen MR) is 116 cm³/mol. The molecule has 0 bridgehead atoms. The Kier molecular flexibility index (Phi) is 6.23. The second kappa shape index (κ2) is 9.04. The maximum atomic E-state index is 13.5. The van der Waals surface area contributed by atoms with Crippen molar-refractivity contribution < 1.29 is 13.2 Å². The van der Waals surface area contributed by atoms with E-state index < -0.39 is 11.7 Å². The van der Waals surface area contributed by atoms with Crippen molar-refractivity contribution in [1.29, 1.82) is 0 Å². The van der Waals surface area contributed by atoms with Crippen LogP contribution in [-0.2, 0) is 6.18 Å². The highest BCUT2D eigenvalue weighted by Crippen LogP contribution is 2.38. The summed E-state index contributed by atoms with van der Waals surface area (Å²) in [6.45, 7) is 4.14. The first-order valence-electron chi connectivity index (χ1n) is 10.5. The molecule has 1 aromatic heterocycles. The van der Waals surface area contributed by atoms with Crippen LogP contribution in [0.4, 0.5) is 18.9 Å². The third-order valence-corrected chi connectivity index (χ3v) is 5.64. The maximum absolute atomic E-state index is 13.5. The third-order valence-electron chi connectivity index (χ3n) is 5.64. The number of fused-ring (bicyclic) bond motifs is 1. The lowest BCUT2D eigenvalue weighted by atomic mass is 10.0. The van der Waals surface area contributed by atoms with Crippen LogP contribution in [-0.4, -0.2) is 36.1 Å². The van der Waals surface area contributed by atoms with Gasteiger partial charge in [-0.1, -0.05) is 42.8 Å². The van der Waals surface area contributed by atoms with Gasteiger partial charge in [-0.2, -0.15) is 13.2 Å². The summed E-state index contributed by atoms with van der Waals surface area (Å²) < 4.78 is 40.6. The molecule has 30 heavy (non-hydrogen) atoms. The zero-order valence-corrected chi connectivity index (χ0v) is 16.9. The van der Waals surface area contributed by atoms with Crippen LogP contribution in [0.3, 0.4) is 0 Å². The van der Waals surface area contributed by atoms with Gasteiger partial charge in [0.2, 0.25) is 0 Å². The zero-order valence-electron chi connectivity index (χ0n) is 16.9. The van der Waals surface area contributed by atoms with Crippen LogP contribution >= 0.6 is 0 Å². The SMILES string of the molecule is FC(F)(F)c1ccccc1-c1cc(NCCCN2CCCCC2)c2ccccc2n1. The van der Waals surface area contributed by atoms with Crippen LogP contribution in [0, 0.1) is 0 Å². The number of benzene rings is 2. The molecule has 1 fully saturated rings. The summed E-state index contributed by atoms with van der Waals surface area (Å²) in [6.07, 6.45) is 0.422. The van der Waals surface area contributed by atoms with Crippen LogP contribution in [0.5, 0.6) is 0 Å². The van der Waals surface area contributed by atoms with Gasteiger partial charge in [-0.25, -0.2) is 4.98 Å². The molecule has 158 valence electrons. The molecule has 0 aliphatic carbocycles. The number of hydrogen-bond acceptors (Lipinski definition) is 3. The van der Waals surface area contributed by atoms with Gasteiger partial charge in [-0.05, 0) is 57.1 Å². The lowest BCUT2D eigenvalue weighted by Gasteiger charge is -2.26. The lowest BCUT2D eigenvalue weighted by Crippen LogP contribution is -2.31. The average Bonchev–Trinajstić information content (AvgIpc) is 2.76. The summed E-state index contributed by atoms with van der Waals surface area (Å²) in [7, 11) is 0. The van der Waals surface area contributed by atoms with Gasteiger partial charge >= 0.3 is 6.18 Å². The number of anilines is 1.